The van der Waals surface area contributed by atoms with E-state index in [0.29, 0.717) is 29.3 Å². The number of rotatable bonds is 1. The van der Waals surface area contributed by atoms with Crippen LogP contribution in [0.1, 0.15) is 16.8 Å². The number of carbonyl (C=O) groups is 1. The Morgan fingerprint density at radius 1 is 1.22 bits per heavy atom. The largest absolute Gasteiger partial charge is 0.454 e. The molecule has 2 heterocycles. The smallest absolute Gasteiger partial charge is 0.256 e. The number of anilines is 1. The maximum Gasteiger partial charge on any atom is 0.256 e. The van der Waals surface area contributed by atoms with Crippen LogP contribution in [-0.2, 0) is 0 Å². The molecule has 2 N–H and O–H groups in total. The van der Waals surface area contributed by atoms with Crippen LogP contribution >= 0.6 is 0 Å². The number of amides is 1. The van der Waals surface area contributed by atoms with E-state index in [0.717, 1.165) is 13.0 Å². The molecule has 18 heavy (non-hydrogen) atoms. The van der Waals surface area contributed by atoms with Crippen molar-refractivity contribution in [2.45, 2.75) is 6.42 Å². The molecule has 0 saturated carbocycles. The normalized spacial score (nSPS) is 17.0. The van der Waals surface area contributed by atoms with Crippen LogP contribution in [0.2, 0.25) is 0 Å². The molecule has 1 aromatic carbocycles. The van der Waals surface area contributed by atoms with Crippen molar-refractivity contribution < 1.29 is 14.3 Å². The fourth-order valence-corrected chi connectivity index (χ4v) is 2.14. The first-order chi connectivity index (χ1) is 8.75. The fraction of sp³-hybridized carbons (Fsp3) is 0.308. The topological polar surface area (TPSA) is 64.8 Å². The molecule has 94 valence electrons. The predicted octanol–water partition coefficient (Wildman–Crippen LogP) is 1.40. The standard InChI is InChI=1S/C13H14N2O3/c14-10-7-12-11(17-8-18-12)6-9(10)13(16)15-4-2-1-3-5-15/h1-2,6-7H,3-5,8,14H2. The number of benzene rings is 1. The van der Waals surface area contributed by atoms with Crippen LogP contribution in [0.4, 0.5) is 5.69 Å². The summed E-state index contributed by atoms with van der Waals surface area (Å²) in [5, 5.41) is 0. The Bertz CT molecular complexity index is 525. The molecular formula is C13H14N2O3. The Labute approximate surface area is 105 Å². The maximum absolute atomic E-state index is 12.3. The van der Waals surface area contributed by atoms with Crippen LogP contribution in [0.5, 0.6) is 11.5 Å². The van der Waals surface area contributed by atoms with E-state index in [1.165, 1.54) is 0 Å². The Morgan fingerprint density at radius 3 is 2.72 bits per heavy atom. The summed E-state index contributed by atoms with van der Waals surface area (Å²) in [7, 11) is 0. The number of nitrogens with two attached hydrogens (primary N) is 1. The van der Waals surface area contributed by atoms with Gasteiger partial charge < -0.3 is 20.1 Å². The summed E-state index contributed by atoms with van der Waals surface area (Å²) in [5.74, 6) is 1.12. The average Bonchev–Trinajstić information content (AvgIpc) is 2.85. The molecule has 0 aromatic heterocycles. The van der Waals surface area contributed by atoms with Crippen molar-refractivity contribution in [3.63, 3.8) is 0 Å². The molecule has 0 radical (unpaired) electrons. The SMILES string of the molecule is Nc1cc2c(cc1C(=O)N1CC=CCC1)OCO2. The van der Waals surface area contributed by atoms with Crippen LogP contribution in [0.25, 0.3) is 0 Å². The Balaban J connectivity index is 1.91. The Morgan fingerprint density at radius 2 is 2.00 bits per heavy atom. The highest BCUT2D eigenvalue weighted by Crippen LogP contribution is 2.36. The van der Waals surface area contributed by atoms with Crippen molar-refractivity contribution in [2.75, 3.05) is 25.6 Å². The number of ether oxygens (including phenoxy) is 2. The lowest BCUT2D eigenvalue weighted by molar-refractivity contribution is 0.0771. The van der Waals surface area contributed by atoms with Gasteiger partial charge in [-0.2, -0.15) is 0 Å². The highest BCUT2D eigenvalue weighted by Gasteiger charge is 2.23. The molecule has 0 spiro atoms. The molecule has 5 heteroatoms. The minimum atomic E-state index is -0.0600. The summed E-state index contributed by atoms with van der Waals surface area (Å²) in [5.41, 5.74) is 6.81. The number of carbonyl (C=O) groups excluding carboxylic acids is 1. The van der Waals surface area contributed by atoms with E-state index in [2.05, 4.69) is 6.08 Å². The van der Waals surface area contributed by atoms with Gasteiger partial charge in [-0.1, -0.05) is 12.2 Å². The Hall–Kier alpha value is -2.17. The van der Waals surface area contributed by atoms with Gasteiger partial charge in [-0.3, -0.25) is 4.79 Å². The lowest BCUT2D eigenvalue weighted by Crippen LogP contribution is -2.34. The molecule has 0 saturated heterocycles. The van der Waals surface area contributed by atoms with Gasteiger partial charge in [0.15, 0.2) is 11.5 Å². The number of nitrogen functional groups attached to an aromatic ring is 1. The van der Waals surface area contributed by atoms with E-state index in [4.69, 9.17) is 15.2 Å². The molecule has 0 unspecified atom stereocenters. The lowest BCUT2D eigenvalue weighted by atomic mass is 10.1. The minimum Gasteiger partial charge on any atom is -0.454 e. The van der Waals surface area contributed by atoms with E-state index < -0.39 is 0 Å². The maximum atomic E-state index is 12.3. The second-order valence-corrected chi connectivity index (χ2v) is 4.30. The molecule has 0 fully saturated rings. The molecule has 2 aliphatic heterocycles. The molecule has 3 rings (SSSR count). The first-order valence-corrected chi connectivity index (χ1v) is 5.89. The van der Waals surface area contributed by atoms with Crippen LogP contribution < -0.4 is 15.2 Å². The van der Waals surface area contributed by atoms with Crippen molar-refractivity contribution in [1.82, 2.24) is 4.90 Å². The van der Waals surface area contributed by atoms with Crippen molar-refractivity contribution in [3.8, 4) is 11.5 Å². The monoisotopic (exact) mass is 246 g/mol. The number of hydrogen-bond acceptors (Lipinski definition) is 4. The predicted molar refractivity (Wildman–Crippen MR) is 66.6 cm³/mol. The van der Waals surface area contributed by atoms with Gasteiger partial charge >= 0.3 is 0 Å². The van der Waals surface area contributed by atoms with Gasteiger partial charge in [-0.05, 0) is 12.5 Å². The first-order valence-electron chi connectivity index (χ1n) is 5.89. The van der Waals surface area contributed by atoms with Gasteiger partial charge in [0.05, 0.1) is 5.56 Å². The summed E-state index contributed by atoms with van der Waals surface area (Å²) in [6, 6.07) is 3.31. The molecule has 2 aliphatic rings. The summed E-state index contributed by atoms with van der Waals surface area (Å²) in [6.45, 7) is 1.54. The molecule has 5 nitrogen and oxygen atoms in total. The van der Waals surface area contributed by atoms with Gasteiger partial charge in [0.2, 0.25) is 6.79 Å². The van der Waals surface area contributed by atoms with Crippen LogP contribution in [0, 0.1) is 0 Å². The van der Waals surface area contributed by atoms with Gasteiger partial charge in [-0.15, -0.1) is 0 Å². The van der Waals surface area contributed by atoms with Crippen molar-refractivity contribution >= 4 is 11.6 Å². The molecule has 1 aromatic rings. The first kappa shape index (κ1) is 11.0. The van der Waals surface area contributed by atoms with E-state index in [1.807, 2.05) is 6.08 Å². The number of hydrogen-bond donors (Lipinski definition) is 1. The summed E-state index contributed by atoms with van der Waals surface area (Å²) in [6.07, 6.45) is 4.95. The molecular weight excluding hydrogens is 232 g/mol. The second kappa shape index (κ2) is 4.25. The third-order valence-electron chi connectivity index (χ3n) is 3.12. The van der Waals surface area contributed by atoms with Gasteiger partial charge in [0.25, 0.3) is 5.91 Å². The minimum absolute atomic E-state index is 0.0600. The van der Waals surface area contributed by atoms with E-state index in [-0.39, 0.29) is 12.7 Å². The van der Waals surface area contributed by atoms with E-state index >= 15 is 0 Å². The number of nitrogens with zero attached hydrogens (tertiary/aromatic N) is 1. The van der Waals surface area contributed by atoms with Gasteiger partial charge in [0, 0.05) is 24.8 Å². The highest BCUT2D eigenvalue weighted by molar-refractivity contribution is 6.00. The lowest BCUT2D eigenvalue weighted by Gasteiger charge is -2.24. The van der Waals surface area contributed by atoms with Crippen LogP contribution in [0.3, 0.4) is 0 Å². The zero-order valence-electron chi connectivity index (χ0n) is 9.89. The molecule has 0 atom stereocenters. The average molecular weight is 246 g/mol. The fourth-order valence-electron chi connectivity index (χ4n) is 2.14. The highest BCUT2D eigenvalue weighted by atomic mass is 16.7. The van der Waals surface area contributed by atoms with Gasteiger partial charge in [-0.25, -0.2) is 0 Å². The molecule has 0 aliphatic carbocycles. The van der Waals surface area contributed by atoms with E-state index in [9.17, 15) is 4.79 Å². The van der Waals surface area contributed by atoms with Crippen molar-refractivity contribution in [2.24, 2.45) is 0 Å². The van der Waals surface area contributed by atoms with Gasteiger partial charge in [0.1, 0.15) is 0 Å². The Kier molecular flexibility index (Phi) is 2.59. The third-order valence-corrected chi connectivity index (χ3v) is 3.12. The van der Waals surface area contributed by atoms with Crippen molar-refractivity contribution in [1.29, 1.82) is 0 Å². The van der Waals surface area contributed by atoms with Crippen LogP contribution in [-0.4, -0.2) is 30.7 Å². The van der Waals surface area contributed by atoms with Crippen molar-refractivity contribution in [3.05, 3.63) is 29.8 Å². The summed E-state index contributed by atoms with van der Waals surface area (Å²) >= 11 is 0. The summed E-state index contributed by atoms with van der Waals surface area (Å²) in [4.78, 5) is 14.1. The number of fused-ring (bicyclic) bond motifs is 1. The molecule has 0 bridgehead atoms. The quantitative estimate of drug-likeness (QED) is 0.601. The van der Waals surface area contributed by atoms with E-state index in [1.54, 1.807) is 17.0 Å². The molecule has 1 amide bonds. The van der Waals surface area contributed by atoms with Crippen LogP contribution in [0.15, 0.2) is 24.3 Å². The zero-order valence-corrected chi connectivity index (χ0v) is 9.89. The second-order valence-electron chi connectivity index (χ2n) is 4.30. The third kappa shape index (κ3) is 1.77. The zero-order chi connectivity index (χ0) is 12.5. The summed E-state index contributed by atoms with van der Waals surface area (Å²) < 4.78 is 10.5.